The highest BCUT2D eigenvalue weighted by Gasteiger charge is 2.30. The van der Waals surface area contributed by atoms with Gasteiger partial charge in [-0.05, 0) is 13.3 Å². The van der Waals surface area contributed by atoms with Gasteiger partial charge in [-0.2, -0.15) is 0 Å². The number of amides is 1. The van der Waals surface area contributed by atoms with Crippen LogP contribution in [-0.4, -0.2) is 42.6 Å². The standard InChI is InChI=1S/C10H20N2O2/c1-3-4-8(2)12-5-6-14-7-9(12)10(11)13/h8-9H,3-7H2,1-2H3,(H2,11,13)/t8-,9-/m0/s1. The van der Waals surface area contributed by atoms with E-state index < -0.39 is 0 Å². The quantitative estimate of drug-likeness (QED) is 0.713. The first-order chi connectivity index (χ1) is 6.66. The van der Waals surface area contributed by atoms with E-state index in [0.29, 0.717) is 19.3 Å². The molecule has 1 fully saturated rings. The Bertz CT molecular complexity index is 197. The van der Waals surface area contributed by atoms with Gasteiger partial charge in [0.2, 0.25) is 5.91 Å². The van der Waals surface area contributed by atoms with E-state index in [0.717, 1.165) is 19.4 Å². The van der Waals surface area contributed by atoms with E-state index in [1.165, 1.54) is 0 Å². The van der Waals surface area contributed by atoms with Crippen LogP contribution in [0.3, 0.4) is 0 Å². The van der Waals surface area contributed by atoms with Crippen LogP contribution in [0.25, 0.3) is 0 Å². The Kier molecular flexibility index (Phi) is 4.35. The predicted molar refractivity (Wildman–Crippen MR) is 54.9 cm³/mol. The van der Waals surface area contributed by atoms with Crippen molar-refractivity contribution in [1.82, 2.24) is 4.90 Å². The fraction of sp³-hybridized carbons (Fsp3) is 0.900. The molecule has 2 atom stereocenters. The molecule has 4 heteroatoms. The Labute approximate surface area is 85.4 Å². The van der Waals surface area contributed by atoms with E-state index in [1.54, 1.807) is 0 Å². The van der Waals surface area contributed by atoms with Crippen molar-refractivity contribution < 1.29 is 9.53 Å². The van der Waals surface area contributed by atoms with E-state index in [4.69, 9.17) is 10.5 Å². The molecule has 0 radical (unpaired) electrons. The molecule has 0 spiro atoms. The number of morpholine rings is 1. The van der Waals surface area contributed by atoms with Crippen LogP contribution in [0.4, 0.5) is 0 Å². The summed E-state index contributed by atoms with van der Waals surface area (Å²) in [4.78, 5) is 13.3. The zero-order valence-electron chi connectivity index (χ0n) is 9.03. The third-order valence-corrected chi connectivity index (χ3v) is 2.77. The molecule has 0 aliphatic carbocycles. The summed E-state index contributed by atoms with van der Waals surface area (Å²) in [7, 11) is 0. The Morgan fingerprint density at radius 3 is 3.00 bits per heavy atom. The highest BCUT2D eigenvalue weighted by molar-refractivity contribution is 5.80. The SMILES string of the molecule is CCC[C@H](C)N1CCOC[C@H]1C(N)=O. The van der Waals surface area contributed by atoms with Crippen molar-refractivity contribution in [3.63, 3.8) is 0 Å². The number of carbonyl (C=O) groups excluding carboxylic acids is 1. The average Bonchev–Trinajstić information content (AvgIpc) is 2.18. The lowest BCUT2D eigenvalue weighted by Gasteiger charge is -2.37. The van der Waals surface area contributed by atoms with Crippen molar-refractivity contribution in [2.75, 3.05) is 19.8 Å². The molecule has 1 aliphatic heterocycles. The van der Waals surface area contributed by atoms with Gasteiger partial charge in [0, 0.05) is 12.6 Å². The molecule has 1 rings (SSSR count). The van der Waals surface area contributed by atoms with Gasteiger partial charge >= 0.3 is 0 Å². The first-order valence-electron chi connectivity index (χ1n) is 5.29. The van der Waals surface area contributed by atoms with Crippen molar-refractivity contribution >= 4 is 5.91 Å². The Balaban J connectivity index is 2.57. The number of rotatable bonds is 4. The van der Waals surface area contributed by atoms with E-state index >= 15 is 0 Å². The van der Waals surface area contributed by atoms with Crippen LogP contribution in [0.2, 0.25) is 0 Å². The summed E-state index contributed by atoms with van der Waals surface area (Å²) in [6.07, 6.45) is 2.23. The maximum Gasteiger partial charge on any atom is 0.237 e. The van der Waals surface area contributed by atoms with E-state index in [1.807, 2.05) is 0 Å². The second-order valence-electron chi connectivity index (χ2n) is 3.87. The molecule has 0 aromatic rings. The first kappa shape index (κ1) is 11.5. The summed E-state index contributed by atoms with van der Waals surface area (Å²) in [5.41, 5.74) is 5.33. The van der Waals surface area contributed by atoms with Gasteiger partial charge in [0.15, 0.2) is 0 Å². The van der Waals surface area contributed by atoms with Crippen molar-refractivity contribution in [1.29, 1.82) is 0 Å². The second-order valence-corrected chi connectivity index (χ2v) is 3.87. The fourth-order valence-corrected chi connectivity index (χ4v) is 1.97. The molecular weight excluding hydrogens is 180 g/mol. The van der Waals surface area contributed by atoms with Gasteiger partial charge in [-0.15, -0.1) is 0 Å². The van der Waals surface area contributed by atoms with Crippen LogP contribution >= 0.6 is 0 Å². The third-order valence-electron chi connectivity index (χ3n) is 2.77. The Morgan fingerprint density at radius 2 is 2.43 bits per heavy atom. The molecule has 2 N–H and O–H groups in total. The van der Waals surface area contributed by atoms with Crippen LogP contribution in [0.1, 0.15) is 26.7 Å². The van der Waals surface area contributed by atoms with E-state index in [2.05, 4.69) is 18.7 Å². The molecule has 82 valence electrons. The van der Waals surface area contributed by atoms with E-state index in [9.17, 15) is 4.79 Å². The number of primary amides is 1. The summed E-state index contributed by atoms with van der Waals surface area (Å²) in [5, 5.41) is 0. The minimum atomic E-state index is -0.271. The number of hydrogen-bond acceptors (Lipinski definition) is 3. The lowest BCUT2D eigenvalue weighted by molar-refractivity contribution is -0.131. The minimum Gasteiger partial charge on any atom is -0.378 e. The zero-order chi connectivity index (χ0) is 10.6. The van der Waals surface area contributed by atoms with Crippen molar-refractivity contribution in [2.45, 2.75) is 38.8 Å². The number of carbonyl (C=O) groups is 1. The van der Waals surface area contributed by atoms with Crippen LogP contribution in [0.5, 0.6) is 0 Å². The Hall–Kier alpha value is -0.610. The largest absolute Gasteiger partial charge is 0.378 e. The molecule has 0 aromatic heterocycles. The number of nitrogens with zero attached hydrogens (tertiary/aromatic N) is 1. The maximum atomic E-state index is 11.2. The van der Waals surface area contributed by atoms with Crippen molar-refractivity contribution in [2.24, 2.45) is 5.73 Å². The normalized spacial score (nSPS) is 26.0. The lowest BCUT2D eigenvalue weighted by Crippen LogP contribution is -2.55. The maximum absolute atomic E-state index is 11.2. The first-order valence-corrected chi connectivity index (χ1v) is 5.29. The Morgan fingerprint density at radius 1 is 1.71 bits per heavy atom. The van der Waals surface area contributed by atoms with E-state index in [-0.39, 0.29) is 11.9 Å². The summed E-state index contributed by atoms with van der Waals surface area (Å²) >= 11 is 0. The summed E-state index contributed by atoms with van der Waals surface area (Å²) in [6, 6.07) is 0.187. The molecule has 4 nitrogen and oxygen atoms in total. The fourth-order valence-electron chi connectivity index (χ4n) is 1.97. The zero-order valence-corrected chi connectivity index (χ0v) is 9.03. The van der Waals surface area contributed by atoms with Gasteiger partial charge in [-0.1, -0.05) is 13.3 Å². The monoisotopic (exact) mass is 200 g/mol. The molecule has 0 bridgehead atoms. The van der Waals surface area contributed by atoms with Crippen molar-refractivity contribution in [3.8, 4) is 0 Å². The molecule has 1 amide bonds. The minimum absolute atomic E-state index is 0.231. The molecule has 1 aliphatic rings. The summed E-state index contributed by atoms with van der Waals surface area (Å²) < 4.78 is 5.26. The molecule has 14 heavy (non-hydrogen) atoms. The number of ether oxygens (including phenoxy) is 1. The topological polar surface area (TPSA) is 55.6 Å². The molecular formula is C10H20N2O2. The molecule has 1 heterocycles. The summed E-state index contributed by atoms with van der Waals surface area (Å²) in [5.74, 6) is -0.271. The molecule has 0 saturated carbocycles. The van der Waals surface area contributed by atoms with Crippen LogP contribution in [-0.2, 0) is 9.53 Å². The summed E-state index contributed by atoms with van der Waals surface area (Å²) in [6.45, 7) is 6.26. The lowest BCUT2D eigenvalue weighted by atomic mass is 10.1. The van der Waals surface area contributed by atoms with Gasteiger partial charge < -0.3 is 10.5 Å². The highest BCUT2D eigenvalue weighted by atomic mass is 16.5. The third kappa shape index (κ3) is 2.69. The number of hydrogen-bond donors (Lipinski definition) is 1. The highest BCUT2D eigenvalue weighted by Crippen LogP contribution is 2.14. The van der Waals surface area contributed by atoms with Crippen LogP contribution in [0, 0.1) is 0 Å². The second kappa shape index (κ2) is 5.32. The van der Waals surface area contributed by atoms with Gasteiger partial charge in [0.05, 0.1) is 13.2 Å². The van der Waals surface area contributed by atoms with Gasteiger partial charge in [0.25, 0.3) is 0 Å². The van der Waals surface area contributed by atoms with Gasteiger partial charge in [-0.25, -0.2) is 0 Å². The predicted octanol–water partition coefficient (Wildman–Crippen LogP) is 0.361. The number of nitrogens with two attached hydrogens (primary N) is 1. The van der Waals surface area contributed by atoms with Gasteiger partial charge in [-0.3, -0.25) is 9.69 Å². The smallest absolute Gasteiger partial charge is 0.237 e. The van der Waals surface area contributed by atoms with Crippen LogP contribution in [0.15, 0.2) is 0 Å². The molecule has 0 unspecified atom stereocenters. The van der Waals surface area contributed by atoms with Crippen LogP contribution < -0.4 is 5.73 Å². The van der Waals surface area contributed by atoms with Crippen molar-refractivity contribution in [3.05, 3.63) is 0 Å². The van der Waals surface area contributed by atoms with Gasteiger partial charge in [0.1, 0.15) is 6.04 Å². The average molecular weight is 200 g/mol. The molecule has 0 aromatic carbocycles. The molecule has 1 saturated heterocycles.